The van der Waals surface area contributed by atoms with Gasteiger partial charge in [-0.15, -0.1) is 11.3 Å². The molecular weight excluding hydrogens is 448 g/mol. The third-order valence-corrected chi connectivity index (χ3v) is 5.71. The van der Waals surface area contributed by atoms with Crippen LogP contribution in [0.25, 0.3) is 21.3 Å². The zero-order valence-electron chi connectivity index (χ0n) is 15.1. The molecule has 0 fully saturated rings. The van der Waals surface area contributed by atoms with Crippen molar-refractivity contribution in [2.24, 2.45) is 5.73 Å². The van der Waals surface area contributed by atoms with Crippen LogP contribution in [-0.4, -0.2) is 22.0 Å². The zero-order chi connectivity index (χ0) is 19.6. The van der Waals surface area contributed by atoms with Gasteiger partial charge in [0.2, 0.25) is 0 Å². The van der Waals surface area contributed by atoms with E-state index in [1.54, 1.807) is 11.3 Å². The van der Waals surface area contributed by atoms with Crippen molar-refractivity contribution in [1.82, 2.24) is 4.98 Å². The SMILES string of the molecule is CC(C)(Cc1nc2c(-c3cccc(Cl)c3)cc(CCBr)cc2s1)OC(N)=O. The van der Waals surface area contributed by atoms with Gasteiger partial charge in [-0.3, -0.25) is 0 Å². The molecule has 0 aliphatic carbocycles. The number of ether oxygens (including phenoxy) is 1. The van der Waals surface area contributed by atoms with Crippen molar-refractivity contribution in [3.63, 3.8) is 0 Å². The Morgan fingerprint density at radius 1 is 1.33 bits per heavy atom. The maximum atomic E-state index is 11.1. The van der Waals surface area contributed by atoms with Gasteiger partial charge in [-0.1, -0.05) is 39.7 Å². The van der Waals surface area contributed by atoms with Gasteiger partial charge in [-0.25, -0.2) is 9.78 Å². The maximum absolute atomic E-state index is 11.1. The Hall–Kier alpha value is -1.63. The molecule has 3 rings (SSSR count). The van der Waals surface area contributed by atoms with Crippen LogP contribution in [0, 0.1) is 0 Å². The minimum Gasteiger partial charge on any atom is -0.443 e. The summed E-state index contributed by atoms with van der Waals surface area (Å²) >= 11 is 11.3. The Morgan fingerprint density at radius 3 is 2.78 bits per heavy atom. The van der Waals surface area contributed by atoms with E-state index in [-0.39, 0.29) is 0 Å². The van der Waals surface area contributed by atoms with E-state index >= 15 is 0 Å². The fourth-order valence-electron chi connectivity index (χ4n) is 3.01. The number of benzene rings is 2. The molecule has 4 nitrogen and oxygen atoms in total. The number of nitrogens with two attached hydrogens (primary N) is 1. The van der Waals surface area contributed by atoms with Crippen LogP contribution in [0.1, 0.15) is 24.4 Å². The number of amides is 1. The van der Waals surface area contributed by atoms with E-state index in [4.69, 9.17) is 27.1 Å². The van der Waals surface area contributed by atoms with Crippen LogP contribution in [-0.2, 0) is 17.6 Å². The van der Waals surface area contributed by atoms with Gasteiger partial charge in [-0.2, -0.15) is 0 Å². The van der Waals surface area contributed by atoms with Crippen LogP contribution >= 0.6 is 38.9 Å². The molecule has 7 heteroatoms. The van der Waals surface area contributed by atoms with Gasteiger partial charge in [-0.05, 0) is 55.7 Å². The molecule has 0 saturated carbocycles. The predicted octanol–water partition coefficient (Wildman–Crippen LogP) is 5.97. The third kappa shape index (κ3) is 5.00. The van der Waals surface area contributed by atoms with Crippen LogP contribution in [0.3, 0.4) is 0 Å². The summed E-state index contributed by atoms with van der Waals surface area (Å²) in [6.45, 7) is 3.66. The first kappa shape index (κ1) is 20.1. The van der Waals surface area contributed by atoms with E-state index in [0.29, 0.717) is 11.4 Å². The fraction of sp³-hybridized carbons (Fsp3) is 0.300. The Kier molecular flexibility index (Phi) is 6.08. The lowest BCUT2D eigenvalue weighted by Crippen LogP contribution is -2.33. The molecule has 0 unspecified atom stereocenters. The summed E-state index contributed by atoms with van der Waals surface area (Å²) in [6, 6.07) is 12.1. The van der Waals surface area contributed by atoms with Gasteiger partial charge in [0.15, 0.2) is 0 Å². The minimum absolute atomic E-state index is 0.498. The number of carbonyl (C=O) groups excluding carboxylic acids is 1. The normalized spacial score (nSPS) is 11.7. The predicted molar refractivity (Wildman–Crippen MR) is 116 cm³/mol. The summed E-state index contributed by atoms with van der Waals surface area (Å²) in [6.07, 6.45) is 0.644. The molecule has 27 heavy (non-hydrogen) atoms. The van der Waals surface area contributed by atoms with Crippen LogP contribution in [0.15, 0.2) is 36.4 Å². The van der Waals surface area contributed by atoms with E-state index in [2.05, 4.69) is 28.1 Å². The number of rotatable bonds is 6. The number of aryl methyl sites for hydroxylation is 1. The topological polar surface area (TPSA) is 65.2 Å². The highest BCUT2D eigenvalue weighted by Gasteiger charge is 2.25. The molecule has 0 spiro atoms. The van der Waals surface area contributed by atoms with E-state index in [1.807, 2.05) is 38.1 Å². The molecule has 2 N–H and O–H groups in total. The molecule has 142 valence electrons. The van der Waals surface area contributed by atoms with Gasteiger partial charge >= 0.3 is 6.09 Å². The highest BCUT2D eigenvalue weighted by molar-refractivity contribution is 9.09. The Morgan fingerprint density at radius 2 is 2.11 bits per heavy atom. The van der Waals surface area contributed by atoms with Crippen LogP contribution in [0.5, 0.6) is 0 Å². The number of primary amides is 1. The monoisotopic (exact) mass is 466 g/mol. The number of aromatic nitrogens is 1. The lowest BCUT2D eigenvalue weighted by atomic mass is 10.0. The van der Waals surface area contributed by atoms with E-state index in [1.165, 1.54) is 5.56 Å². The molecule has 0 atom stereocenters. The molecule has 0 aliphatic rings. The number of alkyl halides is 1. The van der Waals surface area contributed by atoms with Gasteiger partial charge in [0.1, 0.15) is 5.60 Å². The summed E-state index contributed by atoms with van der Waals surface area (Å²) in [5.74, 6) is 0. The summed E-state index contributed by atoms with van der Waals surface area (Å²) in [5, 5.41) is 2.48. The van der Waals surface area contributed by atoms with Crippen LogP contribution < -0.4 is 5.73 Å². The van der Waals surface area contributed by atoms with Crippen molar-refractivity contribution in [2.75, 3.05) is 5.33 Å². The number of thiazole rings is 1. The second-order valence-corrected chi connectivity index (χ2v) is 9.25. The lowest BCUT2D eigenvalue weighted by molar-refractivity contribution is 0.0460. The Labute approximate surface area is 175 Å². The number of nitrogens with zero attached hydrogens (tertiary/aromatic N) is 1. The van der Waals surface area contributed by atoms with Gasteiger partial charge in [0, 0.05) is 22.3 Å². The van der Waals surface area contributed by atoms with Gasteiger partial charge < -0.3 is 10.5 Å². The maximum Gasteiger partial charge on any atom is 0.405 e. The van der Waals surface area contributed by atoms with Crippen molar-refractivity contribution in [3.05, 3.63) is 52.0 Å². The summed E-state index contributed by atoms with van der Waals surface area (Å²) < 4.78 is 6.32. The second-order valence-electron chi connectivity index (χ2n) is 6.90. The average Bonchev–Trinajstić information content (AvgIpc) is 2.94. The van der Waals surface area contributed by atoms with E-state index in [0.717, 1.165) is 38.1 Å². The molecule has 0 aliphatic heterocycles. The summed E-state index contributed by atoms with van der Waals surface area (Å²) in [5.41, 5.74) is 8.73. The summed E-state index contributed by atoms with van der Waals surface area (Å²) in [7, 11) is 0. The molecule has 1 amide bonds. The second kappa shape index (κ2) is 8.17. The molecule has 3 aromatic rings. The number of halogens is 2. The lowest BCUT2D eigenvalue weighted by Gasteiger charge is -2.22. The molecule has 1 aromatic heterocycles. The largest absolute Gasteiger partial charge is 0.443 e. The van der Waals surface area contributed by atoms with E-state index in [9.17, 15) is 4.79 Å². The Bertz CT molecular complexity index is 987. The molecule has 0 saturated heterocycles. The molecule has 0 radical (unpaired) electrons. The number of carbonyl (C=O) groups is 1. The van der Waals surface area contributed by atoms with Gasteiger partial charge in [0.05, 0.1) is 15.2 Å². The molecule has 1 heterocycles. The van der Waals surface area contributed by atoms with Crippen molar-refractivity contribution in [1.29, 1.82) is 0 Å². The van der Waals surface area contributed by atoms with E-state index < -0.39 is 11.7 Å². The van der Waals surface area contributed by atoms with Crippen molar-refractivity contribution < 1.29 is 9.53 Å². The molecule has 2 aromatic carbocycles. The molecular formula is C20H20BrClN2O2S. The first-order valence-corrected chi connectivity index (χ1v) is 10.8. The Balaban J connectivity index is 2.08. The van der Waals surface area contributed by atoms with Crippen molar-refractivity contribution in [2.45, 2.75) is 32.3 Å². The average molecular weight is 468 g/mol. The number of fused-ring (bicyclic) bond motifs is 1. The first-order valence-electron chi connectivity index (χ1n) is 8.50. The van der Waals surface area contributed by atoms with Crippen molar-refractivity contribution >= 4 is 55.2 Å². The smallest absolute Gasteiger partial charge is 0.405 e. The fourth-order valence-corrected chi connectivity index (χ4v) is 4.93. The first-order chi connectivity index (χ1) is 12.8. The van der Waals surface area contributed by atoms with Crippen LogP contribution in [0.4, 0.5) is 4.79 Å². The quantitative estimate of drug-likeness (QED) is 0.454. The molecule has 0 bridgehead atoms. The zero-order valence-corrected chi connectivity index (χ0v) is 18.2. The van der Waals surface area contributed by atoms with Crippen molar-refractivity contribution in [3.8, 4) is 11.1 Å². The highest BCUT2D eigenvalue weighted by atomic mass is 79.9. The minimum atomic E-state index is -0.777. The standard InChI is InChI=1S/C20H20BrClN2O2S/c1-20(2,26-19(23)25)11-17-24-18-15(13-4-3-5-14(22)10-13)8-12(6-7-21)9-16(18)27-17/h3-5,8-10H,6-7,11H2,1-2H3,(H2,23,25). The highest BCUT2D eigenvalue weighted by Crippen LogP contribution is 2.35. The van der Waals surface area contributed by atoms with Crippen LogP contribution in [0.2, 0.25) is 5.02 Å². The third-order valence-electron chi connectivity index (χ3n) is 4.07. The number of hydrogen-bond donors (Lipinski definition) is 1. The van der Waals surface area contributed by atoms with Gasteiger partial charge in [0.25, 0.3) is 0 Å². The summed E-state index contributed by atoms with van der Waals surface area (Å²) in [4.78, 5) is 16.0. The number of hydrogen-bond acceptors (Lipinski definition) is 4.